The van der Waals surface area contributed by atoms with E-state index < -0.39 is 0 Å². The summed E-state index contributed by atoms with van der Waals surface area (Å²) in [5.74, 6) is 0. The Bertz CT molecular complexity index is 529. The molecule has 4 heteroatoms. The van der Waals surface area contributed by atoms with Gasteiger partial charge in [0, 0.05) is 28.2 Å². The lowest BCUT2D eigenvalue weighted by molar-refractivity contribution is 0.588. The Morgan fingerprint density at radius 3 is 2.74 bits per heavy atom. The zero-order valence-corrected chi connectivity index (χ0v) is 13.5. The van der Waals surface area contributed by atoms with Gasteiger partial charge in [-0.15, -0.1) is 0 Å². The molecule has 1 N–H and O–H groups in total. The summed E-state index contributed by atoms with van der Waals surface area (Å²) in [6, 6.07) is 12.9. The first-order valence-corrected chi connectivity index (χ1v) is 7.87. The molecule has 0 aliphatic carbocycles. The van der Waals surface area contributed by atoms with Crippen molar-refractivity contribution in [3.63, 3.8) is 0 Å². The van der Waals surface area contributed by atoms with Crippen LogP contribution >= 0.6 is 27.7 Å². The van der Waals surface area contributed by atoms with Crippen LogP contribution in [0.2, 0.25) is 0 Å². The number of aromatic nitrogens is 1. The van der Waals surface area contributed by atoms with Crippen molar-refractivity contribution < 1.29 is 0 Å². The number of rotatable bonds is 5. The van der Waals surface area contributed by atoms with E-state index in [1.54, 1.807) is 11.8 Å². The molecule has 1 heterocycles. The van der Waals surface area contributed by atoms with Crippen molar-refractivity contribution in [1.29, 1.82) is 0 Å². The third-order valence-corrected chi connectivity index (χ3v) is 4.51. The Balaban J connectivity index is 2.07. The second kappa shape index (κ2) is 7.08. The SMILES string of the molecule is CC(C)NCc1ccc(Sc2ccccn2)c(Br)c1. The highest BCUT2D eigenvalue weighted by Gasteiger charge is 2.05. The summed E-state index contributed by atoms with van der Waals surface area (Å²) in [5.41, 5.74) is 1.28. The Hall–Kier alpha value is -0.840. The number of pyridine rings is 1. The molecule has 1 aromatic heterocycles. The van der Waals surface area contributed by atoms with Crippen LogP contribution in [0.25, 0.3) is 0 Å². The number of hydrogen-bond donors (Lipinski definition) is 1. The van der Waals surface area contributed by atoms with Gasteiger partial charge in [-0.25, -0.2) is 4.98 Å². The van der Waals surface area contributed by atoms with E-state index in [2.05, 4.69) is 58.3 Å². The minimum atomic E-state index is 0.501. The fraction of sp³-hybridized carbons (Fsp3) is 0.267. The predicted molar refractivity (Wildman–Crippen MR) is 84.5 cm³/mol. The molecule has 0 aliphatic rings. The van der Waals surface area contributed by atoms with E-state index in [0.717, 1.165) is 16.0 Å². The first kappa shape index (κ1) is 14.6. The molecule has 100 valence electrons. The molecule has 0 atom stereocenters. The molecular formula is C15H17BrN2S. The summed E-state index contributed by atoms with van der Waals surface area (Å²) in [6.45, 7) is 5.20. The molecule has 1 aromatic carbocycles. The van der Waals surface area contributed by atoms with E-state index >= 15 is 0 Å². The minimum Gasteiger partial charge on any atom is -0.310 e. The van der Waals surface area contributed by atoms with Gasteiger partial charge in [0.15, 0.2) is 0 Å². The lowest BCUT2D eigenvalue weighted by Gasteiger charge is -2.10. The van der Waals surface area contributed by atoms with Crippen LogP contribution in [0.15, 0.2) is 57.0 Å². The quantitative estimate of drug-likeness (QED) is 0.870. The third kappa shape index (κ3) is 4.64. The Morgan fingerprint density at radius 2 is 2.11 bits per heavy atom. The molecule has 2 aromatic rings. The van der Waals surface area contributed by atoms with Gasteiger partial charge in [-0.05, 0) is 45.8 Å². The number of hydrogen-bond acceptors (Lipinski definition) is 3. The van der Waals surface area contributed by atoms with E-state index in [4.69, 9.17) is 0 Å². The van der Waals surface area contributed by atoms with Crippen LogP contribution in [0.1, 0.15) is 19.4 Å². The lowest BCUT2D eigenvalue weighted by Crippen LogP contribution is -2.21. The van der Waals surface area contributed by atoms with E-state index in [1.807, 2.05) is 24.4 Å². The highest BCUT2D eigenvalue weighted by molar-refractivity contribution is 9.10. The molecule has 0 amide bonds. The molecule has 0 radical (unpaired) electrons. The summed E-state index contributed by atoms with van der Waals surface area (Å²) in [4.78, 5) is 5.51. The molecule has 0 fully saturated rings. The fourth-order valence-corrected chi connectivity index (χ4v) is 3.03. The van der Waals surface area contributed by atoms with Gasteiger partial charge in [-0.3, -0.25) is 0 Å². The summed E-state index contributed by atoms with van der Waals surface area (Å²) in [6.07, 6.45) is 1.82. The van der Waals surface area contributed by atoms with Crippen LogP contribution in [0.3, 0.4) is 0 Å². The summed E-state index contributed by atoms with van der Waals surface area (Å²) >= 11 is 5.30. The lowest BCUT2D eigenvalue weighted by atomic mass is 10.2. The summed E-state index contributed by atoms with van der Waals surface area (Å²) in [7, 11) is 0. The third-order valence-electron chi connectivity index (χ3n) is 2.56. The van der Waals surface area contributed by atoms with Crippen LogP contribution in [0, 0.1) is 0 Å². The second-order valence-electron chi connectivity index (χ2n) is 4.57. The predicted octanol–water partition coefficient (Wildman–Crippen LogP) is 4.49. The van der Waals surface area contributed by atoms with Crippen LogP contribution < -0.4 is 5.32 Å². The number of benzene rings is 1. The molecule has 19 heavy (non-hydrogen) atoms. The van der Waals surface area contributed by atoms with E-state index in [9.17, 15) is 0 Å². The van der Waals surface area contributed by atoms with E-state index in [1.165, 1.54) is 10.5 Å². The fourth-order valence-electron chi connectivity index (χ4n) is 1.58. The Kier molecular flexibility index (Phi) is 5.43. The van der Waals surface area contributed by atoms with Crippen LogP contribution in [0.5, 0.6) is 0 Å². The highest BCUT2D eigenvalue weighted by atomic mass is 79.9. The van der Waals surface area contributed by atoms with Crippen molar-refractivity contribution in [3.05, 3.63) is 52.6 Å². The monoisotopic (exact) mass is 336 g/mol. The average molecular weight is 337 g/mol. The number of nitrogens with one attached hydrogen (secondary N) is 1. The van der Waals surface area contributed by atoms with Gasteiger partial charge >= 0.3 is 0 Å². The van der Waals surface area contributed by atoms with Gasteiger partial charge in [0.2, 0.25) is 0 Å². The van der Waals surface area contributed by atoms with Gasteiger partial charge in [0.05, 0.1) is 0 Å². The Morgan fingerprint density at radius 1 is 1.26 bits per heavy atom. The van der Waals surface area contributed by atoms with Crippen molar-refractivity contribution in [2.75, 3.05) is 0 Å². The zero-order valence-electron chi connectivity index (χ0n) is 11.1. The molecule has 2 rings (SSSR count). The molecule has 0 saturated heterocycles. The Labute approximate surface area is 127 Å². The maximum absolute atomic E-state index is 4.33. The van der Waals surface area contributed by atoms with Gasteiger partial charge in [-0.1, -0.05) is 37.7 Å². The summed E-state index contributed by atoms with van der Waals surface area (Å²) in [5, 5.41) is 4.43. The standard InChI is InChI=1S/C15H17BrN2S/c1-11(2)18-10-12-6-7-14(13(16)9-12)19-15-5-3-4-8-17-15/h3-9,11,18H,10H2,1-2H3. The minimum absolute atomic E-state index is 0.501. The molecule has 0 unspecified atom stereocenters. The largest absolute Gasteiger partial charge is 0.310 e. The topological polar surface area (TPSA) is 24.9 Å². The van der Waals surface area contributed by atoms with Crippen molar-refractivity contribution in [3.8, 4) is 0 Å². The first-order chi connectivity index (χ1) is 9.15. The number of nitrogens with zero attached hydrogens (tertiary/aromatic N) is 1. The molecule has 2 nitrogen and oxygen atoms in total. The molecule has 0 spiro atoms. The highest BCUT2D eigenvalue weighted by Crippen LogP contribution is 2.32. The molecule has 0 aliphatic heterocycles. The molecule has 0 saturated carbocycles. The van der Waals surface area contributed by atoms with Gasteiger partial charge in [0.1, 0.15) is 5.03 Å². The number of halogens is 1. The van der Waals surface area contributed by atoms with E-state index in [0.29, 0.717) is 6.04 Å². The normalized spacial score (nSPS) is 10.9. The molecular weight excluding hydrogens is 320 g/mol. The van der Waals surface area contributed by atoms with Crippen molar-refractivity contribution >= 4 is 27.7 Å². The van der Waals surface area contributed by atoms with Crippen molar-refractivity contribution in [1.82, 2.24) is 10.3 Å². The van der Waals surface area contributed by atoms with Gasteiger partial charge in [0.25, 0.3) is 0 Å². The van der Waals surface area contributed by atoms with Crippen molar-refractivity contribution in [2.24, 2.45) is 0 Å². The van der Waals surface area contributed by atoms with Gasteiger partial charge in [-0.2, -0.15) is 0 Å². The maximum Gasteiger partial charge on any atom is 0.101 e. The van der Waals surface area contributed by atoms with E-state index in [-0.39, 0.29) is 0 Å². The molecule has 0 bridgehead atoms. The zero-order chi connectivity index (χ0) is 13.7. The first-order valence-electron chi connectivity index (χ1n) is 6.26. The second-order valence-corrected chi connectivity index (χ2v) is 6.49. The smallest absolute Gasteiger partial charge is 0.101 e. The van der Waals surface area contributed by atoms with Crippen LogP contribution in [-0.4, -0.2) is 11.0 Å². The maximum atomic E-state index is 4.33. The van der Waals surface area contributed by atoms with Crippen LogP contribution in [-0.2, 0) is 6.54 Å². The van der Waals surface area contributed by atoms with Crippen LogP contribution in [0.4, 0.5) is 0 Å². The van der Waals surface area contributed by atoms with Crippen molar-refractivity contribution in [2.45, 2.75) is 36.4 Å². The summed E-state index contributed by atoms with van der Waals surface area (Å²) < 4.78 is 1.12. The van der Waals surface area contributed by atoms with Gasteiger partial charge < -0.3 is 5.32 Å². The average Bonchev–Trinajstić information content (AvgIpc) is 2.40.